The fourth-order valence-corrected chi connectivity index (χ4v) is 4.96. The lowest BCUT2D eigenvalue weighted by Gasteiger charge is -2.28. The van der Waals surface area contributed by atoms with Crippen LogP contribution in [-0.2, 0) is 16.0 Å². The van der Waals surface area contributed by atoms with Crippen LogP contribution in [0.2, 0.25) is 0 Å². The molecule has 2 saturated heterocycles. The normalized spacial score (nSPS) is 20.9. The number of anilines is 1. The Hall–Kier alpha value is -2.87. The summed E-state index contributed by atoms with van der Waals surface area (Å²) in [5.41, 5.74) is 1.65. The van der Waals surface area contributed by atoms with Crippen LogP contribution in [0.5, 0.6) is 0 Å². The van der Waals surface area contributed by atoms with Crippen molar-refractivity contribution in [1.29, 1.82) is 0 Å². The van der Waals surface area contributed by atoms with Gasteiger partial charge in [0.25, 0.3) is 5.91 Å². The predicted molar refractivity (Wildman–Crippen MR) is 118 cm³/mol. The van der Waals surface area contributed by atoms with Gasteiger partial charge in [-0.3, -0.25) is 14.4 Å². The molecular formula is C23H24FN3O3S. The highest BCUT2D eigenvalue weighted by Crippen LogP contribution is 2.24. The molecule has 2 aliphatic heterocycles. The highest BCUT2D eigenvalue weighted by Gasteiger charge is 2.33. The van der Waals surface area contributed by atoms with E-state index >= 15 is 0 Å². The van der Waals surface area contributed by atoms with E-state index in [1.165, 1.54) is 17.8 Å². The van der Waals surface area contributed by atoms with Gasteiger partial charge in [0.1, 0.15) is 11.9 Å². The molecular weight excluding hydrogens is 417 g/mol. The molecule has 0 aromatic heterocycles. The van der Waals surface area contributed by atoms with E-state index in [0.29, 0.717) is 22.6 Å². The molecule has 0 spiro atoms. The van der Waals surface area contributed by atoms with Crippen molar-refractivity contribution in [3.05, 3.63) is 65.5 Å². The minimum absolute atomic E-state index is 0.00668. The molecule has 0 saturated carbocycles. The first kappa shape index (κ1) is 21.4. The van der Waals surface area contributed by atoms with E-state index in [4.69, 9.17) is 0 Å². The number of hydrogen-bond donors (Lipinski definition) is 2. The van der Waals surface area contributed by atoms with Crippen LogP contribution in [0.4, 0.5) is 10.1 Å². The Kier molecular flexibility index (Phi) is 6.56. The molecule has 162 valence electrons. The smallest absolute Gasteiger partial charge is 0.253 e. The highest BCUT2D eigenvalue weighted by molar-refractivity contribution is 8.00. The summed E-state index contributed by atoms with van der Waals surface area (Å²) in [6.45, 7) is 1.57. The van der Waals surface area contributed by atoms with Crippen molar-refractivity contribution in [3.63, 3.8) is 0 Å². The van der Waals surface area contributed by atoms with E-state index in [9.17, 15) is 18.8 Å². The van der Waals surface area contributed by atoms with Crippen molar-refractivity contribution in [3.8, 4) is 0 Å². The summed E-state index contributed by atoms with van der Waals surface area (Å²) >= 11 is 1.35. The van der Waals surface area contributed by atoms with Gasteiger partial charge in [-0.05, 0) is 55.2 Å². The second-order valence-electron chi connectivity index (χ2n) is 7.74. The van der Waals surface area contributed by atoms with Crippen LogP contribution < -0.4 is 10.6 Å². The highest BCUT2D eigenvalue weighted by atomic mass is 32.2. The Morgan fingerprint density at radius 2 is 1.81 bits per heavy atom. The molecule has 31 heavy (non-hydrogen) atoms. The van der Waals surface area contributed by atoms with Gasteiger partial charge >= 0.3 is 0 Å². The molecule has 0 radical (unpaired) electrons. The molecule has 0 bridgehead atoms. The van der Waals surface area contributed by atoms with Gasteiger partial charge in [0.05, 0.1) is 5.25 Å². The molecule has 8 heteroatoms. The molecule has 2 aromatic rings. The van der Waals surface area contributed by atoms with E-state index in [1.54, 1.807) is 42.5 Å². The number of benzene rings is 2. The second kappa shape index (κ2) is 9.51. The zero-order valence-electron chi connectivity index (χ0n) is 17.0. The molecule has 4 rings (SSSR count). The van der Waals surface area contributed by atoms with E-state index in [1.807, 2.05) is 4.90 Å². The molecule has 3 amide bonds. The fourth-order valence-electron chi connectivity index (χ4n) is 3.78. The van der Waals surface area contributed by atoms with Crippen molar-refractivity contribution in [2.75, 3.05) is 24.2 Å². The number of rotatable bonds is 5. The summed E-state index contributed by atoms with van der Waals surface area (Å²) < 4.78 is 13.9. The average molecular weight is 442 g/mol. The summed E-state index contributed by atoms with van der Waals surface area (Å²) in [7, 11) is 0. The molecule has 0 aliphatic carbocycles. The van der Waals surface area contributed by atoms with Gasteiger partial charge in [0, 0.05) is 30.1 Å². The maximum absolute atomic E-state index is 13.9. The lowest BCUT2D eigenvalue weighted by molar-refractivity contribution is -0.126. The van der Waals surface area contributed by atoms with Crippen molar-refractivity contribution in [2.24, 2.45) is 0 Å². The number of nitrogens with one attached hydrogen (secondary N) is 2. The molecule has 2 N–H and O–H groups in total. The Morgan fingerprint density at radius 1 is 1.10 bits per heavy atom. The van der Waals surface area contributed by atoms with Gasteiger partial charge in [0.2, 0.25) is 11.8 Å². The molecule has 2 atom stereocenters. The Labute approximate surface area is 184 Å². The lowest BCUT2D eigenvalue weighted by atomic mass is 10.1. The third-order valence-electron chi connectivity index (χ3n) is 5.55. The molecule has 6 nitrogen and oxygen atoms in total. The Balaban J connectivity index is 1.31. The van der Waals surface area contributed by atoms with Crippen LogP contribution in [0.15, 0.2) is 48.5 Å². The molecule has 2 aliphatic rings. The maximum atomic E-state index is 13.9. The number of hydrogen-bond acceptors (Lipinski definition) is 4. The summed E-state index contributed by atoms with van der Waals surface area (Å²) in [5.74, 6) is -0.507. The first-order chi connectivity index (χ1) is 15.0. The van der Waals surface area contributed by atoms with Crippen LogP contribution in [0.25, 0.3) is 0 Å². The number of thioether (sulfide) groups is 1. The minimum Gasteiger partial charge on any atom is -0.343 e. The van der Waals surface area contributed by atoms with Gasteiger partial charge in [-0.15, -0.1) is 11.8 Å². The molecule has 2 heterocycles. The molecule has 0 unspecified atom stereocenters. The maximum Gasteiger partial charge on any atom is 0.253 e. The zero-order valence-corrected chi connectivity index (χ0v) is 17.8. The summed E-state index contributed by atoms with van der Waals surface area (Å²) in [6, 6.07) is 12.5. The van der Waals surface area contributed by atoms with Crippen LogP contribution in [0, 0.1) is 5.82 Å². The average Bonchev–Trinajstić information content (AvgIpc) is 3.31. The lowest BCUT2D eigenvalue weighted by Crippen LogP contribution is -2.52. The van der Waals surface area contributed by atoms with Gasteiger partial charge in [0.15, 0.2) is 0 Å². The van der Waals surface area contributed by atoms with Crippen molar-refractivity contribution >= 4 is 35.2 Å². The van der Waals surface area contributed by atoms with E-state index in [2.05, 4.69) is 10.6 Å². The van der Waals surface area contributed by atoms with Gasteiger partial charge in [-0.25, -0.2) is 4.39 Å². The van der Waals surface area contributed by atoms with E-state index < -0.39 is 11.3 Å². The fraction of sp³-hybridized carbons (Fsp3) is 0.348. The molecule has 2 fully saturated rings. The predicted octanol–water partition coefficient (Wildman–Crippen LogP) is 2.84. The number of halogens is 1. The quantitative estimate of drug-likeness (QED) is 0.748. The Morgan fingerprint density at radius 3 is 2.48 bits per heavy atom. The SMILES string of the molecule is O=C1N[C@@H](C(=O)Nc2ccc(C(=O)N3CCCC3)cc2)CS[C@H]1Cc1ccccc1F. The number of likely N-dealkylation sites (tertiary alicyclic amines) is 1. The third-order valence-corrected chi connectivity index (χ3v) is 6.85. The van der Waals surface area contributed by atoms with Crippen LogP contribution >= 0.6 is 11.8 Å². The summed E-state index contributed by atoms with van der Waals surface area (Å²) in [6.07, 6.45) is 2.35. The van der Waals surface area contributed by atoms with Crippen molar-refractivity contribution < 1.29 is 18.8 Å². The first-order valence-electron chi connectivity index (χ1n) is 10.4. The summed E-state index contributed by atoms with van der Waals surface area (Å²) in [5, 5.41) is 5.09. The monoisotopic (exact) mass is 441 g/mol. The number of carbonyl (C=O) groups excluding carboxylic acids is 3. The van der Waals surface area contributed by atoms with Crippen LogP contribution in [0.3, 0.4) is 0 Å². The largest absolute Gasteiger partial charge is 0.343 e. The summed E-state index contributed by atoms with van der Waals surface area (Å²) in [4.78, 5) is 39.3. The van der Waals surface area contributed by atoms with Crippen LogP contribution in [0.1, 0.15) is 28.8 Å². The van der Waals surface area contributed by atoms with Crippen LogP contribution in [-0.4, -0.2) is 52.8 Å². The van der Waals surface area contributed by atoms with E-state index in [0.717, 1.165) is 25.9 Å². The standard InChI is InChI=1S/C23H24FN3O3S/c24-18-6-2-1-5-16(18)13-20-22(29)26-19(14-31-20)21(28)25-17-9-7-15(8-10-17)23(30)27-11-3-4-12-27/h1-2,5-10,19-20H,3-4,11-14H2,(H,25,28)(H,26,29)/t19-,20+/m1/s1. The number of nitrogens with zero attached hydrogens (tertiary/aromatic N) is 1. The third kappa shape index (κ3) is 5.07. The number of carbonyl (C=O) groups is 3. The topological polar surface area (TPSA) is 78.5 Å². The minimum atomic E-state index is -0.666. The van der Waals surface area contributed by atoms with Crippen molar-refractivity contribution in [2.45, 2.75) is 30.6 Å². The Bertz CT molecular complexity index is 976. The zero-order chi connectivity index (χ0) is 21.8. The molecule has 2 aromatic carbocycles. The van der Waals surface area contributed by atoms with Gasteiger partial charge in [-0.1, -0.05) is 18.2 Å². The van der Waals surface area contributed by atoms with Gasteiger partial charge < -0.3 is 15.5 Å². The number of amides is 3. The van der Waals surface area contributed by atoms with Gasteiger partial charge in [-0.2, -0.15) is 0 Å². The first-order valence-corrected chi connectivity index (χ1v) is 11.4. The second-order valence-corrected chi connectivity index (χ2v) is 8.98. The van der Waals surface area contributed by atoms with Crippen molar-refractivity contribution in [1.82, 2.24) is 10.2 Å². The van der Waals surface area contributed by atoms with E-state index in [-0.39, 0.29) is 30.0 Å².